The van der Waals surface area contributed by atoms with Crippen molar-refractivity contribution in [1.82, 2.24) is 0 Å². The minimum atomic E-state index is 0.900. The first kappa shape index (κ1) is 23.1. The first-order chi connectivity index (χ1) is 20.8. The Hall–Kier alpha value is -5.60. The molecule has 8 aromatic rings. The summed E-state index contributed by atoms with van der Waals surface area (Å²) in [6, 6.07) is 51.3. The van der Waals surface area contributed by atoms with Gasteiger partial charge >= 0.3 is 0 Å². The van der Waals surface area contributed by atoms with Gasteiger partial charge in [-0.05, 0) is 57.0 Å². The zero-order chi connectivity index (χ0) is 27.6. The fraction of sp³-hybridized carbons (Fsp3) is 0. The molecule has 7 aromatic carbocycles. The van der Waals surface area contributed by atoms with Gasteiger partial charge in [-0.1, -0.05) is 127 Å². The molecule has 0 aliphatic carbocycles. The number of rotatable bonds is 3. The van der Waals surface area contributed by atoms with Gasteiger partial charge in [0.15, 0.2) is 0 Å². The van der Waals surface area contributed by atoms with Crippen molar-refractivity contribution < 1.29 is 9.15 Å². The van der Waals surface area contributed by atoms with Crippen molar-refractivity contribution in [2.45, 2.75) is 0 Å². The van der Waals surface area contributed by atoms with E-state index in [1.165, 1.54) is 33.2 Å². The van der Waals surface area contributed by atoms with Gasteiger partial charge in [0, 0.05) is 27.3 Å². The molecule has 196 valence electrons. The van der Waals surface area contributed by atoms with E-state index in [2.05, 4.69) is 121 Å². The summed E-state index contributed by atoms with van der Waals surface area (Å²) in [5.74, 6) is 1.80. The third kappa shape index (κ3) is 3.33. The van der Waals surface area contributed by atoms with Crippen molar-refractivity contribution in [1.29, 1.82) is 0 Å². The molecule has 0 saturated heterocycles. The van der Waals surface area contributed by atoms with E-state index in [1.54, 1.807) is 0 Å². The normalized spacial score (nSPS) is 12.0. The second-order valence-corrected chi connectivity index (χ2v) is 10.8. The van der Waals surface area contributed by atoms with Crippen LogP contribution in [0.25, 0.3) is 77.2 Å². The average molecular weight is 537 g/mol. The Kier molecular flexibility index (Phi) is 4.93. The van der Waals surface area contributed by atoms with E-state index in [9.17, 15) is 0 Å². The van der Waals surface area contributed by atoms with Gasteiger partial charge in [0.1, 0.15) is 22.7 Å². The number of para-hydroxylation sites is 3. The van der Waals surface area contributed by atoms with Gasteiger partial charge < -0.3 is 9.15 Å². The van der Waals surface area contributed by atoms with Gasteiger partial charge in [0.25, 0.3) is 0 Å². The Bertz CT molecular complexity index is 2340. The van der Waals surface area contributed by atoms with Crippen LogP contribution in [0, 0.1) is 0 Å². The number of hydrogen-bond donors (Lipinski definition) is 0. The molecule has 0 N–H and O–H groups in total. The Morgan fingerprint density at radius 1 is 0.310 bits per heavy atom. The predicted molar refractivity (Wildman–Crippen MR) is 173 cm³/mol. The molecule has 0 fully saturated rings. The first-order valence-corrected chi connectivity index (χ1v) is 14.3. The summed E-state index contributed by atoms with van der Waals surface area (Å²) in [6.07, 6.45) is 0. The predicted octanol–water partition coefficient (Wildman–Crippen LogP) is 11.5. The highest BCUT2D eigenvalue weighted by atomic mass is 16.5. The average Bonchev–Trinajstić information content (AvgIpc) is 3.44. The largest absolute Gasteiger partial charge is 0.456 e. The number of fused-ring (bicyclic) bond motifs is 5. The number of hydrogen-bond acceptors (Lipinski definition) is 2. The van der Waals surface area contributed by atoms with Crippen LogP contribution in [-0.4, -0.2) is 0 Å². The molecular weight excluding hydrogens is 512 g/mol. The van der Waals surface area contributed by atoms with Crippen LogP contribution in [0.5, 0.6) is 11.5 Å². The van der Waals surface area contributed by atoms with E-state index in [0.29, 0.717) is 0 Å². The van der Waals surface area contributed by atoms with E-state index >= 15 is 0 Å². The molecule has 0 saturated carbocycles. The van der Waals surface area contributed by atoms with Crippen molar-refractivity contribution in [2.24, 2.45) is 0 Å². The highest BCUT2D eigenvalue weighted by Crippen LogP contribution is 2.50. The standard InChI is InChI=1S/C40H24O2/c1-2-13-27(29-23-24-38-39-32(29)17-9-18-33(39)30-15-5-7-21-36(30)41-38)25(11-1)26-12-3-4-14-28(26)34-19-10-20-35-31-16-6-8-22-37(31)42-40(34)35/h1-24H. The lowest BCUT2D eigenvalue weighted by atomic mass is 9.86. The Morgan fingerprint density at radius 3 is 1.64 bits per heavy atom. The van der Waals surface area contributed by atoms with Gasteiger partial charge in [-0.15, -0.1) is 0 Å². The highest BCUT2D eigenvalue weighted by molar-refractivity contribution is 6.13. The van der Waals surface area contributed by atoms with E-state index in [4.69, 9.17) is 9.15 Å². The molecule has 0 unspecified atom stereocenters. The summed E-state index contributed by atoms with van der Waals surface area (Å²) in [5.41, 5.74) is 11.1. The SMILES string of the molecule is c1ccc2c(c1)Oc1ccc(-c3ccccc3-c3ccccc3-c3cccc4c3oc3ccccc34)c3cccc-2c13. The molecular formula is C40H24O2. The molecule has 2 heterocycles. The van der Waals surface area contributed by atoms with Crippen molar-refractivity contribution in [3.63, 3.8) is 0 Å². The van der Waals surface area contributed by atoms with E-state index in [0.717, 1.165) is 55.5 Å². The molecule has 0 bridgehead atoms. The molecule has 1 aliphatic rings. The van der Waals surface area contributed by atoms with Crippen LogP contribution in [0.1, 0.15) is 0 Å². The first-order valence-electron chi connectivity index (χ1n) is 14.3. The summed E-state index contributed by atoms with van der Waals surface area (Å²) in [7, 11) is 0. The van der Waals surface area contributed by atoms with Crippen molar-refractivity contribution in [2.75, 3.05) is 0 Å². The molecule has 1 aliphatic heterocycles. The fourth-order valence-corrected chi connectivity index (χ4v) is 6.68. The molecule has 0 amide bonds. The minimum Gasteiger partial charge on any atom is -0.456 e. The van der Waals surface area contributed by atoms with Crippen LogP contribution in [0.15, 0.2) is 150 Å². The highest BCUT2D eigenvalue weighted by Gasteiger charge is 2.23. The smallest absolute Gasteiger partial charge is 0.143 e. The Labute approximate surface area is 243 Å². The third-order valence-electron chi connectivity index (χ3n) is 8.53. The summed E-state index contributed by atoms with van der Waals surface area (Å²) in [6.45, 7) is 0. The summed E-state index contributed by atoms with van der Waals surface area (Å²) < 4.78 is 12.8. The molecule has 1 aromatic heterocycles. The number of furan rings is 1. The van der Waals surface area contributed by atoms with Gasteiger partial charge in [-0.2, -0.15) is 0 Å². The van der Waals surface area contributed by atoms with Crippen molar-refractivity contribution in [3.05, 3.63) is 146 Å². The summed E-state index contributed by atoms with van der Waals surface area (Å²) >= 11 is 0. The molecule has 0 atom stereocenters. The van der Waals surface area contributed by atoms with E-state index in [-0.39, 0.29) is 0 Å². The Balaban J connectivity index is 1.28. The molecule has 2 nitrogen and oxygen atoms in total. The Morgan fingerprint density at radius 2 is 0.857 bits per heavy atom. The van der Waals surface area contributed by atoms with E-state index < -0.39 is 0 Å². The monoisotopic (exact) mass is 536 g/mol. The van der Waals surface area contributed by atoms with Gasteiger partial charge in [-0.3, -0.25) is 0 Å². The maximum atomic E-state index is 6.46. The number of benzene rings is 7. The van der Waals surface area contributed by atoms with Crippen molar-refractivity contribution in [3.8, 4) is 56.0 Å². The minimum absolute atomic E-state index is 0.900. The van der Waals surface area contributed by atoms with Crippen LogP contribution in [0.3, 0.4) is 0 Å². The lowest BCUT2D eigenvalue weighted by Crippen LogP contribution is -1.98. The molecule has 2 heteroatoms. The molecule has 0 radical (unpaired) electrons. The topological polar surface area (TPSA) is 22.4 Å². The fourth-order valence-electron chi connectivity index (χ4n) is 6.68. The summed E-state index contributed by atoms with van der Waals surface area (Å²) in [4.78, 5) is 0. The maximum Gasteiger partial charge on any atom is 0.143 e. The van der Waals surface area contributed by atoms with Crippen LogP contribution in [0.4, 0.5) is 0 Å². The summed E-state index contributed by atoms with van der Waals surface area (Å²) in [5, 5.41) is 4.61. The zero-order valence-electron chi connectivity index (χ0n) is 22.7. The van der Waals surface area contributed by atoms with E-state index in [1.807, 2.05) is 24.3 Å². The lowest BCUT2D eigenvalue weighted by molar-refractivity contribution is 0.487. The quantitative estimate of drug-likeness (QED) is 0.224. The van der Waals surface area contributed by atoms with Gasteiger partial charge in [-0.25, -0.2) is 0 Å². The van der Waals surface area contributed by atoms with Crippen LogP contribution < -0.4 is 4.74 Å². The van der Waals surface area contributed by atoms with Crippen LogP contribution in [0.2, 0.25) is 0 Å². The lowest BCUT2D eigenvalue weighted by Gasteiger charge is -2.23. The second-order valence-electron chi connectivity index (χ2n) is 10.8. The van der Waals surface area contributed by atoms with Crippen molar-refractivity contribution >= 4 is 32.7 Å². The van der Waals surface area contributed by atoms with Crippen LogP contribution in [-0.2, 0) is 0 Å². The zero-order valence-corrected chi connectivity index (χ0v) is 22.7. The maximum absolute atomic E-state index is 6.46. The molecule has 9 rings (SSSR count). The number of ether oxygens (including phenoxy) is 1. The second kappa shape index (κ2) is 8.95. The molecule has 42 heavy (non-hydrogen) atoms. The van der Waals surface area contributed by atoms with Gasteiger partial charge in [0.2, 0.25) is 0 Å². The van der Waals surface area contributed by atoms with Gasteiger partial charge in [0.05, 0.1) is 0 Å². The molecule has 0 spiro atoms. The van der Waals surface area contributed by atoms with Crippen LogP contribution >= 0.6 is 0 Å². The third-order valence-corrected chi connectivity index (χ3v) is 8.53.